The maximum Gasteiger partial charge on any atom is 0.335 e. The molecule has 0 heterocycles. The van der Waals surface area contributed by atoms with Gasteiger partial charge in [0.15, 0.2) is 0 Å². The third-order valence-electron chi connectivity index (χ3n) is 2.49. The molecule has 82 valence electrons. The van der Waals surface area contributed by atoms with Crippen LogP contribution in [0, 0.1) is 0 Å². The topological polar surface area (TPSA) is 46.5 Å². The van der Waals surface area contributed by atoms with Crippen LogP contribution in [0.15, 0.2) is 24.3 Å². The minimum absolute atomic E-state index is 0.155. The van der Waals surface area contributed by atoms with Crippen LogP contribution >= 0.6 is 0 Å². The first kappa shape index (κ1) is 11.7. The van der Waals surface area contributed by atoms with Crippen molar-refractivity contribution in [1.82, 2.24) is 0 Å². The Hall–Kier alpha value is -1.35. The number of ether oxygens (including phenoxy) is 1. The van der Waals surface area contributed by atoms with E-state index in [9.17, 15) is 4.79 Å². The largest absolute Gasteiger partial charge is 0.478 e. The third-order valence-corrected chi connectivity index (χ3v) is 2.49. The zero-order valence-electron chi connectivity index (χ0n) is 9.06. The van der Waals surface area contributed by atoms with Crippen molar-refractivity contribution in [2.75, 3.05) is 13.7 Å². The maximum atomic E-state index is 11.0. The number of benzene rings is 1. The summed E-state index contributed by atoms with van der Waals surface area (Å²) < 4.78 is 5.09. The predicted molar refractivity (Wildman–Crippen MR) is 58.3 cm³/mol. The summed E-state index contributed by atoms with van der Waals surface area (Å²) in [7, 11) is 1.63. The molecule has 1 atom stereocenters. The van der Waals surface area contributed by atoms with Crippen molar-refractivity contribution < 1.29 is 14.6 Å². The van der Waals surface area contributed by atoms with Crippen LogP contribution in [-0.4, -0.2) is 24.8 Å². The van der Waals surface area contributed by atoms with E-state index < -0.39 is 5.97 Å². The Kier molecular flexibility index (Phi) is 4.31. The van der Waals surface area contributed by atoms with Gasteiger partial charge in [-0.3, -0.25) is 0 Å². The molecule has 0 radical (unpaired) electrons. The molecule has 0 bridgehead atoms. The SMILES string of the molecule is CCC(COC)c1ccccc1C(=O)O. The average Bonchev–Trinajstić information content (AvgIpc) is 2.26. The van der Waals surface area contributed by atoms with E-state index in [1.807, 2.05) is 19.1 Å². The van der Waals surface area contributed by atoms with Crippen LogP contribution in [0.5, 0.6) is 0 Å². The first-order valence-corrected chi connectivity index (χ1v) is 5.01. The van der Waals surface area contributed by atoms with Gasteiger partial charge in [-0.15, -0.1) is 0 Å². The summed E-state index contributed by atoms with van der Waals surface area (Å²) in [5.41, 5.74) is 1.23. The third kappa shape index (κ3) is 2.80. The summed E-state index contributed by atoms with van der Waals surface area (Å²) in [6.45, 7) is 2.59. The van der Waals surface area contributed by atoms with Gasteiger partial charge in [-0.25, -0.2) is 4.79 Å². The Bertz CT molecular complexity index is 333. The van der Waals surface area contributed by atoms with Crippen molar-refractivity contribution in [3.05, 3.63) is 35.4 Å². The Labute approximate surface area is 89.7 Å². The fraction of sp³-hybridized carbons (Fsp3) is 0.417. The average molecular weight is 208 g/mol. The fourth-order valence-electron chi connectivity index (χ4n) is 1.68. The molecule has 1 N–H and O–H groups in total. The van der Waals surface area contributed by atoms with Gasteiger partial charge >= 0.3 is 5.97 Å². The number of hydrogen-bond acceptors (Lipinski definition) is 2. The number of carboxylic acid groups (broad SMARTS) is 1. The second-order valence-corrected chi connectivity index (χ2v) is 3.45. The summed E-state index contributed by atoms with van der Waals surface area (Å²) in [6, 6.07) is 7.10. The smallest absolute Gasteiger partial charge is 0.335 e. The summed E-state index contributed by atoms with van der Waals surface area (Å²) in [4.78, 5) is 11.0. The maximum absolute atomic E-state index is 11.0. The van der Waals surface area contributed by atoms with E-state index in [2.05, 4.69) is 0 Å². The number of carboxylic acids is 1. The second kappa shape index (κ2) is 5.51. The van der Waals surface area contributed by atoms with Crippen LogP contribution in [0.4, 0.5) is 0 Å². The number of methoxy groups -OCH3 is 1. The number of hydrogen-bond donors (Lipinski definition) is 1. The molecule has 0 aromatic heterocycles. The van der Waals surface area contributed by atoms with Gasteiger partial charge in [0.25, 0.3) is 0 Å². The minimum Gasteiger partial charge on any atom is -0.478 e. The van der Waals surface area contributed by atoms with E-state index in [1.165, 1.54) is 0 Å². The van der Waals surface area contributed by atoms with Crippen molar-refractivity contribution >= 4 is 5.97 Å². The van der Waals surface area contributed by atoms with Gasteiger partial charge in [0.2, 0.25) is 0 Å². The van der Waals surface area contributed by atoms with E-state index in [1.54, 1.807) is 19.2 Å². The highest BCUT2D eigenvalue weighted by Crippen LogP contribution is 2.23. The molecule has 0 spiro atoms. The lowest BCUT2D eigenvalue weighted by molar-refractivity contribution is 0.0694. The lowest BCUT2D eigenvalue weighted by Gasteiger charge is -2.16. The van der Waals surface area contributed by atoms with Gasteiger partial charge < -0.3 is 9.84 Å². The van der Waals surface area contributed by atoms with Gasteiger partial charge in [-0.2, -0.15) is 0 Å². The number of rotatable bonds is 5. The van der Waals surface area contributed by atoms with Gasteiger partial charge in [-0.05, 0) is 18.1 Å². The van der Waals surface area contributed by atoms with E-state index in [0.717, 1.165) is 12.0 Å². The number of carbonyl (C=O) groups is 1. The first-order valence-electron chi connectivity index (χ1n) is 5.01. The van der Waals surface area contributed by atoms with Gasteiger partial charge in [-0.1, -0.05) is 25.1 Å². The van der Waals surface area contributed by atoms with E-state index in [4.69, 9.17) is 9.84 Å². The van der Waals surface area contributed by atoms with E-state index in [0.29, 0.717) is 12.2 Å². The highest BCUT2D eigenvalue weighted by molar-refractivity contribution is 5.89. The van der Waals surface area contributed by atoms with Crippen molar-refractivity contribution in [2.45, 2.75) is 19.3 Å². The molecule has 1 unspecified atom stereocenters. The normalized spacial score (nSPS) is 12.4. The summed E-state index contributed by atoms with van der Waals surface area (Å²) in [5, 5.41) is 9.04. The molecule has 0 aliphatic heterocycles. The molecule has 0 fully saturated rings. The second-order valence-electron chi connectivity index (χ2n) is 3.45. The van der Waals surface area contributed by atoms with Crippen molar-refractivity contribution in [3.63, 3.8) is 0 Å². The van der Waals surface area contributed by atoms with Crippen LogP contribution in [0.2, 0.25) is 0 Å². The standard InChI is InChI=1S/C12H16O3/c1-3-9(8-15-2)10-6-4-5-7-11(10)12(13)14/h4-7,9H,3,8H2,1-2H3,(H,13,14). The minimum atomic E-state index is -0.875. The predicted octanol–water partition coefficient (Wildman–Crippen LogP) is 2.52. The van der Waals surface area contributed by atoms with Crippen LogP contribution in [-0.2, 0) is 4.74 Å². The molecule has 0 aliphatic rings. The molecule has 0 saturated carbocycles. The Balaban J connectivity index is 3.04. The van der Waals surface area contributed by atoms with E-state index in [-0.39, 0.29) is 5.92 Å². The lowest BCUT2D eigenvalue weighted by Crippen LogP contribution is -2.11. The molecular formula is C12H16O3. The monoisotopic (exact) mass is 208 g/mol. The molecule has 1 rings (SSSR count). The molecule has 1 aromatic rings. The number of aromatic carboxylic acids is 1. The van der Waals surface area contributed by atoms with Gasteiger partial charge in [0.05, 0.1) is 12.2 Å². The first-order chi connectivity index (χ1) is 7.20. The van der Waals surface area contributed by atoms with Gasteiger partial charge in [0.1, 0.15) is 0 Å². The van der Waals surface area contributed by atoms with Crippen LogP contribution in [0.25, 0.3) is 0 Å². The van der Waals surface area contributed by atoms with Crippen LogP contribution in [0.1, 0.15) is 35.2 Å². The quantitative estimate of drug-likeness (QED) is 0.808. The highest BCUT2D eigenvalue weighted by atomic mass is 16.5. The Morgan fingerprint density at radius 3 is 2.67 bits per heavy atom. The highest BCUT2D eigenvalue weighted by Gasteiger charge is 2.16. The Morgan fingerprint density at radius 1 is 1.47 bits per heavy atom. The zero-order chi connectivity index (χ0) is 11.3. The molecule has 1 aromatic carbocycles. The zero-order valence-corrected chi connectivity index (χ0v) is 9.06. The molecule has 0 amide bonds. The van der Waals surface area contributed by atoms with Crippen LogP contribution in [0.3, 0.4) is 0 Å². The molecule has 15 heavy (non-hydrogen) atoms. The van der Waals surface area contributed by atoms with Gasteiger partial charge in [0, 0.05) is 13.0 Å². The summed E-state index contributed by atoms with van der Waals surface area (Å²) in [6.07, 6.45) is 0.873. The Morgan fingerprint density at radius 2 is 2.13 bits per heavy atom. The van der Waals surface area contributed by atoms with Crippen molar-refractivity contribution in [2.24, 2.45) is 0 Å². The van der Waals surface area contributed by atoms with Crippen LogP contribution < -0.4 is 0 Å². The fourth-order valence-corrected chi connectivity index (χ4v) is 1.68. The molecule has 0 aliphatic carbocycles. The summed E-state index contributed by atoms with van der Waals surface area (Å²) >= 11 is 0. The summed E-state index contributed by atoms with van der Waals surface area (Å²) in [5.74, 6) is -0.720. The molecule has 3 nitrogen and oxygen atoms in total. The lowest BCUT2D eigenvalue weighted by atomic mass is 9.93. The molecule has 0 saturated heterocycles. The molecular weight excluding hydrogens is 192 g/mol. The van der Waals surface area contributed by atoms with E-state index >= 15 is 0 Å². The van der Waals surface area contributed by atoms with Crippen molar-refractivity contribution in [3.8, 4) is 0 Å². The van der Waals surface area contributed by atoms with Crippen molar-refractivity contribution in [1.29, 1.82) is 0 Å². The molecule has 3 heteroatoms.